The van der Waals surface area contributed by atoms with Crippen molar-refractivity contribution in [2.75, 3.05) is 13.1 Å². The Kier molecular flexibility index (Phi) is 7.69. The number of benzene rings is 3. The van der Waals surface area contributed by atoms with Gasteiger partial charge in [-0.3, -0.25) is 4.79 Å². The number of hydrogen-bond acceptors (Lipinski definition) is 5. The molecular formula is C26H25F3N2O5S2. The normalized spacial score (nSPS) is 15.4. The van der Waals surface area contributed by atoms with Gasteiger partial charge in [-0.15, -0.1) is 0 Å². The number of sulfone groups is 1. The van der Waals surface area contributed by atoms with E-state index < -0.39 is 43.5 Å². The number of carbonyl (C=O) groups is 1. The molecule has 7 nitrogen and oxygen atoms in total. The summed E-state index contributed by atoms with van der Waals surface area (Å²) in [5, 5.41) is 0. The van der Waals surface area contributed by atoms with Crippen LogP contribution in [0, 0.1) is 6.92 Å². The third kappa shape index (κ3) is 5.92. The van der Waals surface area contributed by atoms with Crippen LogP contribution in [-0.2, 0) is 26.0 Å². The minimum Gasteiger partial charge on any atom is -0.339 e. The van der Waals surface area contributed by atoms with Gasteiger partial charge >= 0.3 is 6.18 Å². The molecule has 1 amide bonds. The molecule has 1 aliphatic heterocycles. The van der Waals surface area contributed by atoms with Crippen LogP contribution in [0.25, 0.3) is 0 Å². The summed E-state index contributed by atoms with van der Waals surface area (Å²) in [6.45, 7) is 1.84. The van der Waals surface area contributed by atoms with Gasteiger partial charge in [0.05, 0.1) is 20.2 Å². The number of nitrogens with zero attached hydrogens (tertiary/aromatic N) is 1. The Morgan fingerprint density at radius 2 is 1.53 bits per heavy atom. The fourth-order valence-electron chi connectivity index (χ4n) is 4.27. The van der Waals surface area contributed by atoms with Crippen LogP contribution in [0.1, 0.15) is 34.3 Å². The number of likely N-dealkylation sites (tertiary alicyclic amines) is 1. The van der Waals surface area contributed by atoms with Gasteiger partial charge < -0.3 is 4.90 Å². The van der Waals surface area contributed by atoms with E-state index in [1.165, 1.54) is 41.3 Å². The van der Waals surface area contributed by atoms with Crippen LogP contribution in [0.5, 0.6) is 0 Å². The summed E-state index contributed by atoms with van der Waals surface area (Å²) >= 11 is 0. The van der Waals surface area contributed by atoms with Gasteiger partial charge in [-0.05, 0) is 67.8 Å². The van der Waals surface area contributed by atoms with Crippen LogP contribution in [0.2, 0.25) is 0 Å². The molecule has 3 aromatic rings. The molecule has 1 heterocycles. The maximum absolute atomic E-state index is 13.2. The van der Waals surface area contributed by atoms with Crippen molar-refractivity contribution in [3.63, 3.8) is 0 Å². The predicted molar refractivity (Wildman–Crippen MR) is 134 cm³/mol. The van der Waals surface area contributed by atoms with Crippen molar-refractivity contribution in [3.05, 3.63) is 89.5 Å². The van der Waals surface area contributed by atoms with E-state index in [-0.39, 0.29) is 46.2 Å². The summed E-state index contributed by atoms with van der Waals surface area (Å²) in [5.41, 5.74) is -0.648. The van der Waals surface area contributed by atoms with Gasteiger partial charge in [0.1, 0.15) is 0 Å². The number of hydrogen-bond donors (Lipinski definition) is 1. The summed E-state index contributed by atoms with van der Waals surface area (Å²) in [5.74, 6) is -0.563. The summed E-state index contributed by atoms with van der Waals surface area (Å²) in [6, 6.07) is 15.2. The molecule has 1 aliphatic rings. The van der Waals surface area contributed by atoms with E-state index >= 15 is 0 Å². The van der Waals surface area contributed by atoms with E-state index in [1.807, 2.05) is 0 Å². The van der Waals surface area contributed by atoms with E-state index in [9.17, 15) is 34.8 Å². The third-order valence-corrected chi connectivity index (χ3v) is 9.78. The van der Waals surface area contributed by atoms with E-state index in [0.29, 0.717) is 5.56 Å². The zero-order valence-corrected chi connectivity index (χ0v) is 21.9. The van der Waals surface area contributed by atoms with Crippen molar-refractivity contribution in [3.8, 4) is 0 Å². The molecule has 3 aromatic carbocycles. The molecule has 1 fully saturated rings. The summed E-state index contributed by atoms with van der Waals surface area (Å²) in [4.78, 5) is 13.8. The molecule has 0 radical (unpaired) electrons. The lowest BCUT2D eigenvalue weighted by molar-refractivity contribution is -0.137. The number of halogens is 3. The van der Waals surface area contributed by atoms with Crippen molar-refractivity contribution >= 4 is 25.8 Å². The van der Waals surface area contributed by atoms with Gasteiger partial charge in [-0.25, -0.2) is 21.6 Å². The Labute approximate surface area is 219 Å². The lowest BCUT2D eigenvalue weighted by Crippen LogP contribution is -2.46. The molecule has 0 atom stereocenters. The van der Waals surface area contributed by atoms with Crippen molar-refractivity contribution in [2.24, 2.45) is 0 Å². The Morgan fingerprint density at radius 1 is 0.868 bits per heavy atom. The number of piperidine rings is 1. The molecule has 4 rings (SSSR count). The highest BCUT2D eigenvalue weighted by atomic mass is 32.2. The van der Waals surface area contributed by atoms with Gasteiger partial charge in [-0.2, -0.15) is 13.2 Å². The predicted octanol–water partition coefficient (Wildman–Crippen LogP) is 4.43. The lowest BCUT2D eigenvalue weighted by Gasteiger charge is -2.32. The van der Waals surface area contributed by atoms with Crippen molar-refractivity contribution in [2.45, 2.75) is 46.7 Å². The Bertz CT molecular complexity index is 1550. The average molecular weight is 567 g/mol. The van der Waals surface area contributed by atoms with Crippen LogP contribution in [-0.4, -0.2) is 46.8 Å². The van der Waals surface area contributed by atoms with E-state index in [2.05, 4.69) is 4.72 Å². The number of sulfonamides is 1. The zero-order valence-electron chi connectivity index (χ0n) is 20.3. The van der Waals surface area contributed by atoms with Crippen molar-refractivity contribution in [1.82, 2.24) is 9.62 Å². The quantitative estimate of drug-likeness (QED) is 0.476. The van der Waals surface area contributed by atoms with Gasteiger partial charge in [0.2, 0.25) is 19.9 Å². The standard InChI is InChI=1S/C26H25F3N2O5S2/c1-18-10-11-23(37(33,34)22-8-3-2-4-9-22)17-24(18)38(35,36)30-21-12-14-31(15-13-21)25(32)19-6-5-7-20(16-19)26(27,28)29/h2-11,16-17,21,30H,12-15H2,1H3. The second-order valence-corrected chi connectivity index (χ2v) is 12.6. The molecule has 38 heavy (non-hydrogen) atoms. The second kappa shape index (κ2) is 10.5. The molecule has 1 N–H and O–H groups in total. The minimum atomic E-state index is -4.57. The summed E-state index contributed by atoms with van der Waals surface area (Å²) < 4.78 is 94.0. The Hall–Kier alpha value is -3.22. The molecule has 0 saturated carbocycles. The van der Waals surface area contributed by atoms with Gasteiger partial charge in [0.25, 0.3) is 5.91 Å². The lowest BCUT2D eigenvalue weighted by atomic mass is 10.0. The minimum absolute atomic E-state index is 0.0398. The highest BCUT2D eigenvalue weighted by Crippen LogP contribution is 2.30. The first-order valence-corrected chi connectivity index (χ1v) is 14.7. The second-order valence-electron chi connectivity index (χ2n) is 9.01. The first-order chi connectivity index (χ1) is 17.8. The van der Waals surface area contributed by atoms with E-state index in [1.54, 1.807) is 25.1 Å². The molecule has 0 spiro atoms. The maximum Gasteiger partial charge on any atom is 0.416 e. The third-order valence-electron chi connectivity index (χ3n) is 6.35. The number of alkyl halides is 3. The largest absolute Gasteiger partial charge is 0.416 e. The molecule has 1 saturated heterocycles. The number of nitrogens with one attached hydrogen (secondary N) is 1. The number of amides is 1. The number of rotatable bonds is 6. The molecule has 202 valence electrons. The maximum atomic E-state index is 13.2. The smallest absolute Gasteiger partial charge is 0.339 e. The molecular weight excluding hydrogens is 541 g/mol. The van der Waals surface area contributed by atoms with Crippen LogP contribution in [0.4, 0.5) is 13.2 Å². The molecule has 0 aromatic heterocycles. The van der Waals surface area contributed by atoms with Crippen LogP contribution >= 0.6 is 0 Å². The summed E-state index contributed by atoms with van der Waals surface area (Å²) in [6.07, 6.45) is -4.09. The van der Waals surface area contributed by atoms with E-state index in [0.717, 1.165) is 18.2 Å². The fourth-order valence-corrected chi connectivity index (χ4v) is 7.23. The topological polar surface area (TPSA) is 101 Å². The summed E-state index contributed by atoms with van der Waals surface area (Å²) in [7, 11) is -8.04. The SMILES string of the molecule is Cc1ccc(S(=O)(=O)c2ccccc2)cc1S(=O)(=O)NC1CCN(C(=O)c2cccc(C(F)(F)F)c2)CC1. The van der Waals surface area contributed by atoms with Gasteiger partial charge in [0.15, 0.2) is 0 Å². The Morgan fingerprint density at radius 3 is 2.16 bits per heavy atom. The molecule has 12 heteroatoms. The zero-order chi connectivity index (χ0) is 27.7. The first-order valence-electron chi connectivity index (χ1n) is 11.7. The van der Waals surface area contributed by atoms with Crippen LogP contribution in [0.3, 0.4) is 0 Å². The van der Waals surface area contributed by atoms with E-state index in [4.69, 9.17) is 0 Å². The highest BCUT2D eigenvalue weighted by molar-refractivity contribution is 7.91. The van der Waals surface area contributed by atoms with Crippen molar-refractivity contribution < 1.29 is 34.8 Å². The Balaban J connectivity index is 1.46. The fraction of sp³-hybridized carbons (Fsp3) is 0.269. The number of carbonyl (C=O) groups excluding carboxylic acids is 1. The molecule has 0 aliphatic carbocycles. The first kappa shape index (κ1) is 27.8. The van der Waals surface area contributed by atoms with Crippen molar-refractivity contribution in [1.29, 1.82) is 0 Å². The number of aryl methyl sites for hydroxylation is 1. The van der Waals surface area contributed by atoms with Gasteiger partial charge in [0, 0.05) is 24.7 Å². The van der Waals surface area contributed by atoms with Crippen LogP contribution < -0.4 is 4.72 Å². The molecule has 0 unspecified atom stereocenters. The average Bonchev–Trinajstić information content (AvgIpc) is 2.88. The monoisotopic (exact) mass is 566 g/mol. The highest BCUT2D eigenvalue weighted by Gasteiger charge is 2.33. The van der Waals surface area contributed by atoms with Gasteiger partial charge in [-0.1, -0.05) is 30.3 Å². The molecule has 0 bridgehead atoms. The van der Waals surface area contributed by atoms with Crippen LogP contribution in [0.15, 0.2) is 87.5 Å².